The van der Waals surface area contributed by atoms with E-state index < -0.39 is 15.8 Å². The summed E-state index contributed by atoms with van der Waals surface area (Å²) in [7, 11) is -3.98. The van der Waals surface area contributed by atoms with E-state index >= 15 is 0 Å². The number of rotatable bonds is 4. The zero-order valence-corrected chi connectivity index (χ0v) is 17.1. The van der Waals surface area contributed by atoms with Crippen LogP contribution in [0, 0.1) is 5.82 Å². The Bertz CT molecular complexity index is 1150. The molecule has 0 unspecified atom stereocenters. The molecule has 1 saturated carbocycles. The minimum absolute atomic E-state index is 0.0459. The Morgan fingerprint density at radius 3 is 2.52 bits per heavy atom. The second-order valence-electron chi connectivity index (χ2n) is 7.23. The lowest BCUT2D eigenvalue weighted by Gasteiger charge is -2.18. The van der Waals surface area contributed by atoms with Crippen LogP contribution in [0.25, 0.3) is 22.6 Å². The van der Waals surface area contributed by atoms with Gasteiger partial charge in [-0.2, -0.15) is 0 Å². The normalized spacial score (nSPS) is 15.6. The minimum atomic E-state index is -3.98. The Hall–Kier alpha value is -2.22. The third-order valence-electron chi connectivity index (χ3n) is 5.23. The molecule has 1 heterocycles. The van der Waals surface area contributed by atoms with Gasteiger partial charge < -0.3 is 4.42 Å². The fraction of sp³-hybridized carbons (Fsp3) is 0.286. The number of nitrogens with two attached hydrogens (primary N) is 1. The number of hydrogen-bond acceptors (Lipinski definition) is 4. The Labute approximate surface area is 173 Å². The summed E-state index contributed by atoms with van der Waals surface area (Å²) in [6, 6.07) is 10.6. The van der Waals surface area contributed by atoms with Crippen LogP contribution in [-0.4, -0.2) is 13.4 Å². The molecule has 1 fully saturated rings. The summed E-state index contributed by atoms with van der Waals surface area (Å²) < 4.78 is 44.1. The SMILES string of the molecule is NS(=O)(=O)c1ccccc1-c1oc(C2CCCCC2)nc1-c1ccc(F)c(Cl)c1. The molecule has 0 atom stereocenters. The number of halogens is 2. The van der Waals surface area contributed by atoms with Gasteiger partial charge in [-0.05, 0) is 43.2 Å². The molecule has 5 nitrogen and oxygen atoms in total. The van der Waals surface area contributed by atoms with Gasteiger partial charge in [0.2, 0.25) is 10.0 Å². The molecule has 1 aromatic heterocycles. The molecule has 2 N–H and O–H groups in total. The first-order chi connectivity index (χ1) is 13.8. The van der Waals surface area contributed by atoms with Gasteiger partial charge in [0, 0.05) is 17.0 Å². The maximum Gasteiger partial charge on any atom is 0.238 e. The van der Waals surface area contributed by atoms with E-state index in [4.69, 9.17) is 26.1 Å². The van der Waals surface area contributed by atoms with Crippen molar-refractivity contribution in [3.8, 4) is 22.6 Å². The lowest BCUT2D eigenvalue weighted by molar-refractivity contribution is 0.367. The average Bonchev–Trinajstić information content (AvgIpc) is 3.15. The van der Waals surface area contributed by atoms with E-state index in [1.165, 1.54) is 24.6 Å². The van der Waals surface area contributed by atoms with E-state index in [9.17, 15) is 12.8 Å². The number of sulfonamides is 1. The van der Waals surface area contributed by atoms with E-state index in [-0.39, 0.29) is 21.6 Å². The monoisotopic (exact) mass is 434 g/mol. The highest BCUT2D eigenvalue weighted by atomic mass is 35.5. The van der Waals surface area contributed by atoms with Crippen molar-refractivity contribution in [2.45, 2.75) is 42.9 Å². The quantitative estimate of drug-likeness (QED) is 0.587. The summed E-state index contributed by atoms with van der Waals surface area (Å²) in [6.07, 6.45) is 5.28. The second-order valence-corrected chi connectivity index (χ2v) is 9.17. The van der Waals surface area contributed by atoms with Crippen LogP contribution in [0.3, 0.4) is 0 Å². The first-order valence-electron chi connectivity index (χ1n) is 9.43. The topological polar surface area (TPSA) is 86.2 Å². The Kier molecular flexibility index (Phi) is 5.46. The van der Waals surface area contributed by atoms with Crippen molar-refractivity contribution in [2.75, 3.05) is 0 Å². The largest absolute Gasteiger partial charge is 0.440 e. The van der Waals surface area contributed by atoms with Crippen LogP contribution in [-0.2, 0) is 10.0 Å². The molecular formula is C21H20ClFN2O3S. The fourth-order valence-electron chi connectivity index (χ4n) is 3.78. The highest BCUT2D eigenvalue weighted by Crippen LogP contribution is 2.41. The molecule has 1 aliphatic rings. The molecule has 0 bridgehead atoms. The summed E-state index contributed by atoms with van der Waals surface area (Å²) in [5.41, 5.74) is 1.28. The van der Waals surface area contributed by atoms with Crippen molar-refractivity contribution in [3.05, 3.63) is 59.2 Å². The van der Waals surface area contributed by atoms with Crippen LogP contribution in [0.1, 0.15) is 43.9 Å². The summed E-state index contributed by atoms with van der Waals surface area (Å²) in [5.74, 6) is 0.462. The van der Waals surface area contributed by atoms with Gasteiger partial charge >= 0.3 is 0 Å². The van der Waals surface area contributed by atoms with Crippen molar-refractivity contribution in [1.29, 1.82) is 0 Å². The maximum absolute atomic E-state index is 13.7. The molecule has 152 valence electrons. The fourth-order valence-corrected chi connectivity index (χ4v) is 4.70. The van der Waals surface area contributed by atoms with Crippen molar-refractivity contribution in [1.82, 2.24) is 4.98 Å². The van der Waals surface area contributed by atoms with Gasteiger partial charge in [0.1, 0.15) is 11.5 Å². The van der Waals surface area contributed by atoms with E-state index in [0.717, 1.165) is 25.7 Å². The smallest absolute Gasteiger partial charge is 0.238 e. The number of primary sulfonamides is 1. The van der Waals surface area contributed by atoms with Crippen LogP contribution in [0.15, 0.2) is 51.8 Å². The zero-order chi connectivity index (χ0) is 20.6. The lowest BCUT2D eigenvalue weighted by atomic mass is 9.89. The highest BCUT2D eigenvalue weighted by Gasteiger charge is 2.27. The first-order valence-corrected chi connectivity index (χ1v) is 11.4. The summed E-state index contributed by atoms with van der Waals surface area (Å²) in [4.78, 5) is 4.64. The van der Waals surface area contributed by atoms with Gasteiger partial charge in [-0.3, -0.25) is 0 Å². The van der Waals surface area contributed by atoms with Crippen LogP contribution in [0.4, 0.5) is 4.39 Å². The Balaban J connectivity index is 1.93. The number of aromatic nitrogens is 1. The Morgan fingerprint density at radius 2 is 1.83 bits per heavy atom. The molecule has 2 aromatic carbocycles. The van der Waals surface area contributed by atoms with Gasteiger partial charge in [-0.15, -0.1) is 0 Å². The van der Waals surface area contributed by atoms with Gasteiger partial charge in [-0.25, -0.2) is 22.9 Å². The third kappa shape index (κ3) is 4.08. The van der Waals surface area contributed by atoms with Crippen molar-refractivity contribution in [3.63, 3.8) is 0 Å². The predicted octanol–water partition coefficient (Wildman–Crippen LogP) is 5.50. The van der Waals surface area contributed by atoms with Gasteiger partial charge in [0.25, 0.3) is 0 Å². The van der Waals surface area contributed by atoms with Crippen LogP contribution in [0.5, 0.6) is 0 Å². The Morgan fingerprint density at radius 1 is 1.10 bits per heavy atom. The average molecular weight is 435 g/mol. The molecule has 0 saturated heterocycles. The molecule has 0 amide bonds. The van der Waals surface area contributed by atoms with E-state index in [1.807, 2.05) is 0 Å². The highest BCUT2D eigenvalue weighted by molar-refractivity contribution is 7.89. The van der Waals surface area contributed by atoms with Gasteiger partial charge in [0.15, 0.2) is 11.7 Å². The van der Waals surface area contributed by atoms with Crippen molar-refractivity contribution >= 4 is 21.6 Å². The lowest BCUT2D eigenvalue weighted by Crippen LogP contribution is -2.13. The number of benzene rings is 2. The summed E-state index contributed by atoms with van der Waals surface area (Å²) >= 11 is 5.97. The van der Waals surface area contributed by atoms with Crippen LogP contribution >= 0.6 is 11.6 Å². The molecular weight excluding hydrogens is 415 g/mol. The van der Waals surface area contributed by atoms with Crippen molar-refractivity contribution in [2.24, 2.45) is 5.14 Å². The van der Waals surface area contributed by atoms with E-state index in [1.54, 1.807) is 24.3 Å². The zero-order valence-electron chi connectivity index (χ0n) is 15.6. The number of hydrogen-bond donors (Lipinski definition) is 1. The molecule has 0 aliphatic heterocycles. The standard InChI is InChI=1S/C21H20ClFN2O3S/c22-16-12-14(10-11-17(16)23)19-20(15-8-4-5-9-18(15)29(24,26)27)28-21(25-19)13-6-2-1-3-7-13/h4-5,8-13H,1-3,6-7H2,(H2,24,26,27). The molecule has 0 radical (unpaired) electrons. The number of nitrogens with zero attached hydrogens (tertiary/aromatic N) is 1. The predicted molar refractivity (Wildman–Crippen MR) is 110 cm³/mol. The molecule has 3 aromatic rings. The second kappa shape index (κ2) is 7.89. The van der Waals surface area contributed by atoms with Gasteiger partial charge in [0.05, 0.1) is 9.92 Å². The van der Waals surface area contributed by atoms with E-state index in [2.05, 4.69) is 0 Å². The van der Waals surface area contributed by atoms with E-state index in [0.29, 0.717) is 22.7 Å². The summed E-state index contributed by atoms with van der Waals surface area (Å²) in [5, 5.41) is 5.37. The molecule has 4 rings (SSSR count). The minimum Gasteiger partial charge on any atom is -0.440 e. The van der Waals surface area contributed by atoms with Crippen molar-refractivity contribution < 1.29 is 17.2 Å². The van der Waals surface area contributed by atoms with Crippen LogP contribution < -0.4 is 5.14 Å². The molecule has 1 aliphatic carbocycles. The van der Waals surface area contributed by atoms with Gasteiger partial charge in [-0.1, -0.05) is 43.0 Å². The summed E-state index contributed by atoms with van der Waals surface area (Å²) in [6.45, 7) is 0. The maximum atomic E-state index is 13.7. The molecule has 29 heavy (non-hydrogen) atoms. The first kappa shape index (κ1) is 20.1. The van der Waals surface area contributed by atoms with Crippen LogP contribution in [0.2, 0.25) is 5.02 Å². The third-order valence-corrected chi connectivity index (χ3v) is 6.49. The molecule has 8 heteroatoms. The number of oxazole rings is 1. The molecule has 0 spiro atoms.